The van der Waals surface area contributed by atoms with Gasteiger partial charge in [0, 0.05) is 24.7 Å². The van der Waals surface area contributed by atoms with Crippen LogP contribution in [0.4, 0.5) is 5.69 Å². The minimum atomic E-state index is -3.73. The fraction of sp³-hybridized carbons (Fsp3) is 0.375. The number of benzene rings is 1. The molecule has 3 N–H and O–H groups in total. The topological polar surface area (TPSA) is 124 Å². The third-order valence-electron chi connectivity index (χ3n) is 3.98. The first kappa shape index (κ1) is 18.4. The molecule has 1 saturated heterocycles. The van der Waals surface area contributed by atoms with Gasteiger partial charge in [-0.05, 0) is 31.2 Å². The van der Waals surface area contributed by atoms with Crippen molar-refractivity contribution in [2.75, 3.05) is 31.0 Å². The number of anilines is 1. The van der Waals surface area contributed by atoms with Crippen LogP contribution >= 0.6 is 0 Å². The summed E-state index contributed by atoms with van der Waals surface area (Å²) in [5, 5.41) is 0.572. The largest absolute Gasteiger partial charge is 0.480 e. The lowest BCUT2D eigenvalue weighted by atomic mass is 10.1. The van der Waals surface area contributed by atoms with Gasteiger partial charge in [-0.1, -0.05) is 0 Å². The van der Waals surface area contributed by atoms with E-state index >= 15 is 0 Å². The minimum absolute atomic E-state index is 0.290. The molecule has 3 rings (SSSR count). The summed E-state index contributed by atoms with van der Waals surface area (Å²) in [6.07, 6.45) is 0.727. The zero-order valence-corrected chi connectivity index (χ0v) is 15.0. The van der Waals surface area contributed by atoms with Gasteiger partial charge in [0.1, 0.15) is 5.75 Å². The second-order valence-electron chi connectivity index (χ2n) is 5.79. The Kier molecular flexibility index (Phi) is 5.25. The van der Waals surface area contributed by atoms with Crippen LogP contribution in [-0.2, 0) is 19.7 Å². The number of rotatable bonds is 6. The first-order valence-corrected chi connectivity index (χ1v) is 9.52. The second-order valence-corrected chi connectivity index (χ2v) is 7.46. The van der Waals surface area contributed by atoms with Gasteiger partial charge in [0.2, 0.25) is 0 Å². The zero-order valence-electron chi connectivity index (χ0n) is 14.2. The van der Waals surface area contributed by atoms with Crippen molar-refractivity contribution in [1.82, 2.24) is 9.29 Å². The van der Waals surface area contributed by atoms with Gasteiger partial charge >= 0.3 is 10.2 Å². The summed E-state index contributed by atoms with van der Waals surface area (Å²) in [6, 6.07) is 6.57. The van der Waals surface area contributed by atoms with Crippen LogP contribution in [0.3, 0.4) is 0 Å². The number of hydrogen-bond donors (Lipinski definition) is 2. The van der Waals surface area contributed by atoms with E-state index in [0.717, 1.165) is 0 Å². The van der Waals surface area contributed by atoms with Crippen molar-refractivity contribution in [2.24, 2.45) is 5.73 Å². The lowest BCUT2D eigenvalue weighted by molar-refractivity contribution is -0.123. The van der Waals surface area contributed by atoms with Crippen LogP contribution in [0, 0.1) is 0 Å². The summed E-state index contributed by atoms with van der Waals surface area (Å²) in [7, 11) is -3.73. The number of morpholine rings is 1. The van der Waals surface area contributed by atoms with Crippen LogP contribution in [0.25, 0.3) is 10.9 Å². The van der Waals surface area contributed by atoms with Crippen molar-refractivity contribution >= 4 is 32.7 Å². The van der Waals surface area contributed by atoms with Crippen LogP contribution < -0.4 is 15.2 Å². The number of nitrogens with one attached hydrogen (secondary N) is 1. The lowest BCUT2D eigenvalue weighted by Crippen LogP contribution is -2.43. The molecule has 1 unspecified atom stereocenters. The molecule has 1 amide bonds. The monoisotopic (exact) mass is 380 g/mol. The van der Waals surface area contributed by atoms with E-state index in [1.165, 1.54) is 4.31 Å². The van der Waals surface area contributed by atoms with Gasteiger partial charge in [-0.2, -0.15) is 12.7 Å². The van der Waals surface area contributed by atoms with E-state index in [-0.39, 0.29) is 13.1 Å². The summed E-state index contributed by atoms with van der Waals surface area (Å²) in [6.45, 7) is 2.84. The molecular weight excluding hydrogens is 360 g/mol. The number of carbonyl (C=O) groups excluding carboxylic acids is 1. The van der Waals surface area contributed by atoms with Gasteiger partial charge in [-0.3, -0.25) is 14.5 Å². The number of hydrogen-bond acceptors (Lipinski definition) is 6. The highest BCUT2D eigenvalue weighted by Crippen LogP contribution is 2.31. The molecule has 1 aliphatic rings. The van der Waals surface area contributed by atoms with Crippen molar-refractivity contribution in [3.63, 3.8) is 0 Å². The van der Waals surface area contributed by atoms with Crippen molar-refractivity contribution < 1.29 is 22.7 Å². The number of aromatic nitrogens is 1. The molecule has 9 nitrogen and oxygen atoms in total. The third kappa shape index (κ3) is 3.87. The molecule has 0 aliphatic carbocycles. The van der Waals surface area contributed by atoms with Crippen LogP contribution in [0.15, 0.2) is 30.5 Å². The molecule has 1 atom stereocenters. The molecule has 2 aromatic rings. The van der Waals surface area contributed by atoms with Gasteiger partial charge in [0.25, 0.3) is 5.91 Å². The maximum absolute atomic E-state index is 12.6. The average molecular weight is 380 g/mol. The van der Waals surface area contributed by atoms with E-state index in [2.05, 4.69) is 9.71 Å². The summed E-state index contributed by atoms with van der Waals surface area (Å²) in [5.74, 6) is -0.201. The molecule has 1 fully saturated rings. The third-order valence-corrected chi connectivity index (χ3v) is 5.51. The molecule has 140 valence electrons. The van der Waals surface area contributed by atoms with Gasteiger partial charge in [0.05, 0.1) is 24.4 Å². The predicted molar refractivity (Wildman–Crippen MR) is 96.0 cm³/mol. The first-order valence-electron chi connectivity index (χ1n) is 8.08. The van der Waals surface area contributed by atoms with Gasteiger partial charge in [0.15, 0.2) is 6.10 Å². The van der Waals surface area contributed by atoms with Crippen molar-refractivity contribution in [3.05, 3.63) is 30.5 Å². The van der Waals surface area contributed by atoms with E-state index < -0.39 is 22.2 Å². The van der Waals surface area contributed by atoms with Crippen LogP contribution in [0.1, 0.15) is 6.92 Å². The first-order chi connectivity index (χ1) is 12.4. The Morgan fingerprint density at radius 3 is 2.77 bits per heavy atom. The minimum Gasteiger partial charge on any atom is -0.480 e. The highest BCUT2D eigenvalue weighted by molar-refractivity contribution is 7.90. The lowest BCUT2D eigenvalue weighted by Gasteiger charge is -2.26. The van der Waals surface area contributed by atoms with Crippen LogP contribution in [0.2, 0.25) is 0 Å². The highest BCUT2D eigenvalue weighted by Gasteiger charge is 2.25. The number of nitrogens with two attached hydrogens (primary N) is 1. The molecule has 1 aliphatic heterocycles. The summed E-state index contributed by atoms with van der Waals surface area (Å²) < 4.78 is 39.8. The van der Waals surface area contributed by atoms with E-state index in [0.29, 0.717) is 35.6 Å². The SMILES string of the molecule is CC(Oc1ccc(NS(=O)(=O)N2CCOCC2)c2ncccc12)C(N)=O. The zero-order chi connectivity index (χ0) is 18.7. The quantitative estimate of drug-likeness (QED) is 0.751. The molecule has 0 bridgehead atoms. The van der Waals surface area contributed by atoms with Crippen molar-refractivity contribution in [2.45, 2.75) is 13.0 Å². The van der Waals surface area contributed by atoms with E-state index in [4.69, 9.17) is 15.2 Å². The van der Waals surface area contributed by atoms with Crippen LogP contribution in [-0.4, -0.2) is 56.0 Å². The maximum Gasteiger partial charge on any atom is 0.301 e. The normalized spacial score (nSPS) is 17.0. The van der Waals surface area contributed by atoms with Gasteiger partial charge in [-0.15, -0.1) is 0 Å². The Morgan fingerprint density at radius 1 is 1.35 bits per heavy atom. The van der Waals surface area contributed by atoms with E-state index in [9.17, 15) is 13.2 Å². The summed E-state index contributed by atoms with van der Waals surface area (Å²) >= 11 is 0. The van der Waals surface area contributed by atoms with Crippen LogP contribution in [0.5, 0.6) is 5.75 Å². The Bertz CT molecular complexity index is 912. The number of carbonyl (C=O) groups is 1. The highest BCUT2D eigenvalue weighted by atomic mass is 32.2. The van der Waals surface area contributed by atoms with Gasteiger partial charge in [-0.25, -0.2) is 0 Å². The molecular formula is C16H20N4O5S. The molecule has 0 saturated carbocycles. The number of fused-ring (bicyclic) bond motifs is 1. The molecule has 10 heteroatoms. The number of pyridine rings is 1. The fourth-order valence-corrected chi connectivity index (χ4v) is 3.77. The smallest absolute Gasteiger partial charge is 0.301 e. The van der Waals surface area contributed by atoms with Gasteiger partial charge < -0.3 is 15.2 Å². The number of nitrogens with zero attached hydrogens (tertiary/aromatic N) is 2. The molecule has 0 spiro atoms. The molecule has 1 aromatic carbocycles. The standard InChI is InChI=1S/C16H20N4O5S/c1-11(16(17)21)25-14-5-4-13(15-12(14)3-2-6-18-15)19-26(22,23)20-7-9-24-10-8-20/h2-6,11,19H,7-10H2,1H3,(H2,17,21). The summed E-state index contributed by atoms with van der Waals surface area (Å²) in [5.41, 5.74) is 5.98. The van der Waals surface area contributed by atoms with E-state index in [1.54, 1.807) is 37.4 Å². The maximum atomic E-state index is 12.6. The second kappa shape index (κ2) is 7.44. The Hall–Kier alpha value is -2.43. The van der Waals surface area contributed by atoms with E-state index in [1.807, 2.05) is 0 Å². The molecule has 2 heterocycles. The number of primary amides is 1. The van der Waals surface area contributed by atoms with Crippen molar-refractivity contribution in [1.29, 1.82) is 0 Å². The Balaban J connectivity index is 1.94. The Morgan fingerprint density at radius 2 is 2.08 bits per heavy atom. The fourth-order valence-electron chi connectivity index (χ4n) is 2.57. The molecule has 26 heavy (non-hydrogen) atoms. The summed E-state index contributed by atoms with van der Waals surface area (Å²) in [4.78, 5) is 15.5. The van der Waals surface area contributed by atoms with Crippen molar-refractivity contribution in [3.8, 4) is 5.75 Å². The molecule has 0 radical (unpaired) electrons. The number of amides is 1. The Labute approximate surface area is 151 Å². The molecule has 1 aromatic heterocycles. The number of ether oxygens (including phenoxy) is 2. The predicted octanol–water partition coefficient (Wildman–Crippen LogP) is 0.476. The average Bonchev–Trinajstić information content (AvgIpc) is 2.64.